The number of carbonyl (C=O) groups excluding carboxylic acids is 1. The largest absolute Gasteiger partial charge is 0.493 e. The van der Waals surface area contributed by atoms with Crippen LogP contribution in [0.25, 0.3) is 0 Å². The lowest BCUT2D eigenvalue weighted by molar-refractivity contribution is -0.128. The third-order valence-electron chi connectivity index (χ3n) is 5.09. The highest BCUT2D eigenvalue weighted by Gasteiger charge is 2.26. The van der Waals surface area contributed by atoms with Crippen molar-refractivity contribution in [1.29, 1.82) is 0 Å². The van der Waals surface area contributed by atoms with Crippen LogP contribution in [0.1, 0.15) is 36.2 Å². The Hall–Kier alpha value is -2.52. The maximum absolute atomic E-state index is 12.8. The van der Waals surface area contributed by atoms with Crippen molar-refractivity contribution in [2.75, 3.05) is 19.4 Å². The maximum atomic E-state index is 12.8. The maximum Gasteiger partial charge on any atom is 0.233 e. The zero-order valence-corrected chi connectivity index (χ0v) is 19.3. The van der Waals surface area contributed by atoms with E-state index in [0.29, 0.717) is 43.0 Å². The SMILES string of the molecule is CCN(Cc1ccc(OCc2cccs2)c(OC)c1)C(=O)CSc1nncn1C1CC1. The number of ether oxygens (including phenoxy) is 2. The Balaban J connectivity index is 1.35. The third-order valence-corrected chi connectivity index (χ3v) is 6.88. The molecular formula is C22H26N4O3S2. The van der Waals surface area contributed by atoms with Crippen LogP contribution < -0.4 is 9.47 Å². The fourth-order valence-electron chi connectivity index (χ4n) is 3.23. The monoisotopic (exact) mass is 458 g/mol. The number of thiophene rings is 1. The molecule has 0 atom stereocenters. The number of benzene rings is 1. The standard InChI is InChI=1S/C22H26N4O3S2/c1-3-25(21(27)14-31-22-24-23-15-26(22)17-7-8-17)12-16-6-9-19(20(11-16)28-2)29-13-18-5-4-10-30-18/h4-6,9-11,15,17H,3,7-8,12-14H2,1-2H3. The average molecular weight is 459 g/mol. The second-order valence-electron chi connectivity index (χ2n) is 7.30. The molecular weight excluding hydrogens is 432 g/mol. The van der Waals surface area contributed by atoms with E-state index in [0.717, 1.165) is 28.4 Å². The Bertz CT molecular complexity index is 1000. The van der Waals surface area contributed by atoms with E-state index in [1.54, 1.807) is 24.8 Å². The minimum Gasteiger partial charge on any atom is -0.493 e. The van der Waals surface area contributed by atoms with E-state index in [1.807, 2.05) is 47.5 Å². The Morgan fingerprint density at radius 2 is 2.19 bits per heavy atom. The van der Waals surface area contributed by atoms with Crippen molar-refractivity contribution in [3.63, 3.8) is 0 Å². The van der Waals surface area contributed by atoms with Gasteiger partial charge in [-0.05, 0) is 48.9 Å². The first-order valence-electron chi connectivity index (χ1n) is 10.3. The summed E-state index contributed by atoms with van der Waals surface area (Å²) in [5.41, 5.74) is 1.00. The van der Waals surface area contributed by atoms with Gasteiger partial charge in [-0.3, -0.25) is 4.79 Å². The molecule has 0 aliphatic heterocycles. The van der Waals surface area contributed by atoms with Gasteiger partial charge in [0.1, 0.15) is 12.9 Å². The number of hydrogen-bond acceptors (Lipinski definition) is 7. The van der Waals surface area contributed by atoms with Gasteiger partial charge in [-0.2, -0.15) is 0 Å². The second kappa shape index (κ2) is 10.2. The number of aromatic nitrogens is 3. The lowest BCUT2D eigenvalue weighted by atomic mass is 10.2. The quantitative estimate of drug-likeness (QED) is 0.397. The van der Waals surface area contributed by atoms with Gasteiger partial charge in [-0.15, -0.1) is 21.5 Å². The van der Waals surface area contributed by atoms with Crippen molar-refractivity contribution in [1.82, 2.24) is 19.7 Å². The first kappa shape index (κ1) is 21.7. The molecule has 1 aliphatic carbocycles. The van der Waals surface area contributed by atoms with E-state index >= 15 is 0 Å². The lowest BCUT2D eigenvalue weighted by Crippen LogP contribution is -2.31. The number of thioether (sulfide) groups is 1. The number of hydrogen-bond donors (Lipinski definition) is 0. The summed E-state index contributed by atoms with van der Waals surface area (Å²) >= 11 is 3.12. The normalized spacial score (nSPS) is 13.2. The highest BCUT2D eigenvalue weighted by molar-refractivity contribution is 7.99. The smallest absolute Gasteiger partial charge is 0.233 e. The van der Waals surface area contributed by atoms with Crippen molar-refractivity contribution in [3.8, 4) is 11.5 Å². The molecule has 4 rings (SSSR count). The zero-order valence-electron chi connectivity index (χ0n) is 17.7. The Morgan fingerprint density at radius 1 is 1.32 bits per heavy atom. The van der Waals surface area contributed by atoms with Crippen LogP contribution in [0.3, 0.4) is 0 Å². The van der Waals surface area contributed by atoms with Gasteiger partial charge in [0.2, 0.25) is 5.91 Å². The molecule has 2 aromatic heterocycles. The number of carbonyl (C=O) groups is 1. The summed E-state index contributed by atoms with van der Waals surface area (Å²) in [7, 11) is 1.63. The summed E-state index contributed by atoms with van der Waals surface area (Å²) in [5.74, 6) is 1.79. The number of amides is 1. The van der Waals surface area contributed by atoms with Crippen LogP contribution in [-0.4, -0.2) is 45.0 Å². The molecule has 9 heteroatoms. The Morgan fingerprint density at radius 3 is 2.90 bits per heavy atom. The van der Waals surface area contributed by atoms with Gasteiger partial charge in [0.15, 0.2) is 16.7 Å². The Kier molecular flexibility index (Phi) is 7.14. The van der Waals surface area contributed by atoms with Crippen LogP contribution in [-0.2, 0) is 17.9 Å². The van der Waals surface area contributed by atoms with E-state index in [1.165, 1.54) is 11.8 Å². The zero-order chi connectivity index (χ0) is 21.6. The summed E-state index contributed by atoms with van der Waals surface area (Å²) < 4.78 is 13.5. The molecule has 0 radical (unpaired) electrons. The van der Waals surface area contributed by atoms with E-state index in [2.05, 4.69) is 14.8 Å². The Labute approximate surface area is 190 Å². The van der Waals surface area contributed by atoms with Gasteiger partial charge < -0.3 is 18.9 Å². The summed E-state index contributed by atoms with van der Waals surface area (Å²) in [6.07, 6.45) is 4.08. The van der Waals surface area contributed by atoms with Crippen molar-refractivity contribution in [2.45, 2.75) is 44.1 Å². The molecule has 164 valence electrons. The summed E-state index contributed by atoms with van der Waals surface area (Å²) in [6.45, 7) is 3.65. The fourth-order valence-corrected chi connectivity index (χ4v) is 4.73. The minimum absolute atomic E-state index is 0.0786. The molecule has 0 saturated heterocycles. The molecule has 0 spiro atoms. The van der Waals surface area contributed by atoms with Crippen molar-refractivity contribution < 1.29 is 14.3 Å². The van der Waals surface area contributed by atoms with Crippen LogP contribution in [0, 0.1) is 0 Å². The van der Waals surface area contributed by atoms with Gasteiger partial charge in [0.25, 0.3) is 0 Å². The van der Waals surface area contributed by atoms with Gasteiger partial charge in [0, 0.05) is 24.0 Å². The van der Waals surface area contributed by atoms with Crippen molar-refractivity contribution >= 4 is 29.0 Å². The minimum atomic E-state index is 0.0786. The first-order chi connectivity index (χ1) is 15.2. The van der Waals surface area contributed by atoms with Crippen LogP contribution in [0.5, 0.6) is 11.5 Å². The molecule has 31 heavy (non-hydrogen) atoms. The summed E-state index contributed by atoms with van der Waals surface area (Å²) in [5, 5.41) is 11.0. The van der Waals surface area contributed by atoms with E-state index in [9.17, 15) is 4.79 Å². The van der Waals surface area contributed by atoms with Crippen molar-refractivity contribution in [2.24, 2.45) is 0 Å². The van der Waals surface area contributed by atoms with Crippen LogP contribution in [0.15, 0.2) is 47.2 Å². The fraction of sp³-hybridized carbons (Fsp3) is 0.409. The third kappa shape index (κ3) is 5.59. The molecule has 1 fully saturated rings. The van der Waals surface area contributed by atoms with E-state index < -0.39 is 0 Å². The summed E-state index contributed by atoms with van der Waals surface area (Å²) in [4.78, 5) is 15.8. The van der Waals surface area contributed by atoms with Crippen LogP contribution in [0.2, 0.25) is 0 Å². The highest BCUT2D eigenvalue weighted by Crippen LogP contribution is 2.37. The molecule has 1 amide bonds. The van der Waals surface area contributed by atoms with Gasteiger partial charge in [0.05, 0.1) is 12.9 Å². The van der Waals surface area contributed by atoms with Crippen LogP contribution in [0.4, 0.5) is 0 Å². The average Bonchev–Trinajstić information content (AvgIpc) is 3.30. The predicted octanol–water partition coefficient (Wildman–Crippen LogP) is 4.40. The molecule has 0 bridgehead atoms. The predicted molar refractivity (Wildman–Crippen MR) is 122 cm³/mol. The first-order valence-corrected chi connectivity index (χ1v) is 12.2. The molecule has 3 aromatic rings. The lowest BCUT2D eigenvalue weighted by Gasteiger charge is -2.21. The number of methoxy groups -OCH3 is 1. The molecule has 0 N–H and O–H groups in total. The van der Waals surface area contributed by atoms with Gasteiger partial charge in [-0.25, -0.2) is 0 Å². The van der Waals surface area contributed by atoms with E-state index in [-0.39, 0.29) is 5.91 Å². The summed E-state index contributed by atoms with van der Waals surface area (Å²) in [6, 6.07) is 10.4. The van der Waals surface area contributed by atoms with Gasteiger partial charge in [-0.1, -0.05) is 23.9 Å². The van der Waals surface area contributed by atoms with Gasteiger partial charge >= 0.3 is 0 Å². The topological polar surface area (TPSA) is 69.5 Å². The van der Waals surface area contributed by atoms with Crippen molar-refractivity contribution in [3.05, 3.63) is 52.5 Å². The second-order valence-corrected chi connectivity index (χ2v) is 9.28. The molecule has 7 nitrogen and oxygen atoms in total. The highest BCUT2D eigenvalue weighted by atomic mass is 32.2. The molecule has 0 unspecified atom stereocenters. The molecule has 1 aliphatic rings. The molecule has 2 heterocycles. The van der Waals surface area contributed by atoms with E-state index in [4.69, 9.17) is 9.47 Å². The molecule has 1 saturated carbocycles. The van der Waals surface area contributed by atoms with Crippen LogP contribution >= 0.6 is 23.1 Å². The molecule has 1 aromatic carbocycles. The number of rotatable bonds is 11. The number of nitrogens with zero attached hydrogens (tertiary/aromatic N) is 4.